The average Bonchev–Trinajstić information content (AvgIpc) is 2.14. The summed E-state index contributed by atoms with van der Waals surface area (Å²) in [5.41, 5.74) is 2.56. The molecule has 0 amide bonds. The molecule has 1 saturated carbocycles. The molecular weight excluding hydrogens is 104 g/mol. The monoisotopic (exact) mass is 116 g/mol. The highest BCUT2D eigenvalue weighted by molar-refractivity contribution is 4.80. The second-order valence-electron chi connectivity index (χ2n) is 2.27. The lowest BCUT2D eigenvalue weighted by molar-refractivity contribution is 0.150. The molecule has 3 nitrogen and oxygen atoms in total. The highest BCUT2D eigenvalue weighted by atomic mass is 16.3. The quantitative estimate of drug-likeness (QED) is 0.315. The third-order valence-electron chi connectivity index (χ3n) is 1.69. The zero-order chi connectivity index (χ0) is 5.98. The lowest BCUT2D eigenvalue weighted by Gasteiger charge is -2.10. The van der Waals surface area contributed by atoms with E-state index in [1.54, 1.807) is 0 Å². The highest BCUT2D eigenvalue weighted by Crippen LogP contribution is 2.17. The summed E-state index contributed by atoms with van der Waals surface area (Å²) in [6, 6.07) is 0.148. The van der Waals surface area contributed by atoms with Gasteiger partial charge in [-0.2, -0.15) is 0 Å². The zero-order valence-electron chi connectivity index (χ0n) is 4.80. The van der Waals surface area contributed by atoms with E-state index < -0.39 is 0 Å². The number of aliphatic hydroxyl groups is 1. The van der Waals surface area contributed by atoms with Gasteiger partial charge in [0.2, 0.25) is 0 Å². The van der Waals surface area contributed by atoms with Gasteiger partial charge in [-0.15, -0.1) is 0 Å². The predicted octanol–water partition coefficient (Wildman–Crippen LogP) is -0.637. The van der Waals surface area contributed by atoms with Gasteiger partial charge in [-0.3, -0.25) is 11.3 Å². The van der Waals surface area contributed by atoms with Crippen LogP contribution in [-0.4, -0.2) is 17.3 Å². The van der Waals surface area contributed by atoms with Crippen LogP contribution in [0.4, 0.5) is 0 Å². The Morgan fingerprint density at radius 2 is 2.25 bits per heavy atom. The number of rotatable bonds is 1. The van der Waals surface area contributed by atoms with E-state index in [1.165, 1.54) is 0 Å². The van der Waals surface area contributed by atoms with Gasteiger partial charge in [0.25, 0.3) is 0 Å². The van der Waals surface area contributed by atoms with E-state index in [2.05, 4.69) is 5.43 Å². The van der Waals surface area contributed by atoms with Crippen LogP contribution in [-0.2, 0) is 0 Å². The third-order valence-corrected chi connectivity index (χ3v) is 1.69. The van der Waals surface area contributed by atoms with Crippen LogP contribution < -0.4 is 11.3 Å². The fourth-order valence-corrected chi connectivity index (χ4v) is 1.13. The van der Waals surface area contributed by atoms with Crippen molar-refractivity contribution in [3.05, 3.63) is 0 Å². The predicted molar refractivity (Wildman–Crippen MR) is 31.0 cm³/mol. The molecule has 4 N–H and O–H groups in total. The Morgan fingerprint density at radius 3 is 2.50 bits per heavy atom. The molecule has 1 aliphatic carbocycles. The van der Waals surface area contributed by atoms with Gasteiger partial charge in [0.1, 0.15) is 0 Å². The van der Waals surface area contributed by atoms with Gasteiger partial charge in [0.05, 0.1) is 6.10 Å². The minimum atomic E-state index is -0.208. The molecule has 0 bridgehead atoms. The van der Waals surface area contributed by atoms with Crippen LogP contribution in [0.25, 0.3) is 0 Å². The number of nitrogens with two attached hydrogens (primary N) is 1. The van der Waals surface area contributed by atoms with Crippen molar-refractivity contribution < 1.29 is 5.11 Å². The normalized spacial score (nSPS) is 38.2. The summed E-state index contributed by atoms with van der Waals surface area (Å²) in [6.45, 7) is 0. The number of nitrogens with one attached hydrogen (secondary N) is 1. The first-order chi connectivity index (χ1) is 3.84. The van der Waals surface area contributed by atoms with E-state index in [0.29, 0.717) is 0 Å². The number of aliphatic hydroxyl groups excluding tert-OH is 1. The van der Waals surface area contributed by atoms with E-state index in [-0.39, 0.29) is 12.1 Å². The van der Waals surface area contributed by atoms with E-state index in [9.17, 15) is 0 Å². The van der Waals surface area contributed by atoms with Crippen molar-refractivity contribution >= 4 is 0 Å². The molecule has 2 atom stereocenters. The topological polar surface area (TPSA) is 58.3 Å². The molecule has 1 aliphatic rings. The van der Waals surface area contributed by atoms with Gasteiger partial charge < -0.3 is 5.11 Å². The van der Waals surface area contributed by atoms with Crippen molar-refractivity contribution in [2.75, 3.05) is 0 Å². The van der Waals surface area contributed by atoms with Crippen molar-refractivity contribution in [1.82, 2.24) is 5.43 Å². The molecule has 1 rings (SSSR count). The van der Waals surface area contributed by atoms with Crippen LogP contribution >= 0.6 is 0 Å². The van der Waals surface area contributed by atoms with Crippen LogP contribution in [0.2, 0.25) is 0 Å². The molecule has 1 fully saturated rings. The van der Waals surface area contributed by atoms with E-state index in [1.807, 2.05) is 0 Å². The first-order valence-electron chi connectivity index (χ1n) is 2.99. The maximum atomic E-state index is 9.05. The fraction of sp³-hybridized carbons (Fsp3) is 1.00. The molecule has 8 heavy (non-hydrogen) atoms. The SMILES string of the molecule is NN[C@@H]1CCC[C@H]1O. The van der Waals surface area contributed by atoms with E-state index in [4.69, 9.17) is 10.9 Å². The summed E-state index contributed by atoms with van der Waals surface area (Å²) in [6.07, 6.45) is 2.79. The minimum Gasteiger partial charge on any atom is -0.391 e. The van der Waals surface area contributed by atoms with Gasteiger partial charge in [-0.25, -0.2) is 0 Å². The largest absolute Gasteiger partial charge is 0.391 e. The summed E-state index contributed by atoms with van der Waals surface area (Å²) in [4.78, 5) is 0. The summed E-state index contributed by atoms with van der Waals surface area (Å²) >= 11 is 0. The molecule has 0 heterocycles. The van der Waals surface area contributed by atoms with Gasteiger partial charge in [-0.1, -0.05) is 0 Å². The molecule has 0 unspecified atom stereocenters. The zero-order valence-corrected chi connectivity index (χ0v) is 4.80. The minimum absolute atomic E-state index is 0.148. The Kier molecular flexibility index (Phi) is 1.83. The number of hydrazine groups is 1. The number of hydrogen-bond donors (Lipinski definition) is 3. The van der Waals surface area contributed by atoms with Gasteiger partial charge in [0, 0.05) is 6.04 Å². The van der Waals surface area contributed by atoms with Crippen molar-refractivity contribution in [3.8, 4) is 0 Å². The summed E-state index contributed by atoms with van der Waals surface area (Å²) in [7, 11) is 0. The smallest absolute Gasteiger partial charge is 0.0706 e. The van der Waals surface area contributed by atoms with Crippen molar-refractivity contribution in [3.63, 3.8) is 0 Å². The van der Waals surface area contributed by atoms with Crippen molar-refractivity contribution in [2.24, 2.45) is 5.84 Å². The maximum Gasteiger partial charge on any atom is 0.0706 e. The van der Waals surface area contributed by atoms with Crippen molar-refractivity contribution in [1.29, 1.82) is 0 Å². The molecule has 0 saturated heterocycles. The molecule has 3 heteroatoms. The Hall–Kier alpha value is -0.120. The standard InChI is InChI=1S/C5H12N2O/c6-7-4-2-1-3-5(4)8/h4-5,7-8H,1-3,6H2/t4-,5-/m1/s1. The van der Waals surface area contributed by atoms with Crippen LogP contribution in [0.3, 0.4) is 0 Å². The molecular formula is C5H12N2O. The molecule has 0 aromatic carbocycles. The number of hydrogen-bond acceptors (Lipinski definition) is 3. The Bertz CT molecular complexity index is 76.8. The molecule has 0 radical (unpaired) electrons. The van der Waals surface area contributed by atoms with Crippen LogP contribution in [0.15, 0.2) is 0 Å². The molecule has 0 aliphatic heterocycles. The Balaban J connectivity index is 2.30. The summed E-state index contributed by atoms with van der Waals surface area (Å²) in [5.74, 6) is 5.11. The Morgan fingerprint density at radius 1 is 1.50 bits per heavy atom. The molecule has 0 aromatic heterocycles. The van der Waals surface area contributed by atoms with E-state index >= 15 is 0 Å². The lowest BCUT2D eigenvalue weighted by Crippen LogP contribution is -2.40. The maximum absolute atomic E-state index is 9.05. The third kappa shape index (κ3) is 0.992. The first kappa shape index (κ1) is 6.01. The second-order valence-corrected chi connectivity index (χ2v) is 2.27. The van der Waals surface area contributed by atoms with Crippen LogP contribution in [0, 0.1) is 0 Å². The van der Waals surface area contributed by atoms with Crippen LogP contribution in [0.1, 0.15) is 19.3 Å². The average molecular weight is 116 g/mol. The lowest BCUT2D eigenvalue weighted by atomic mass is 10.2. The summed E-state index contributed by atoms with van der Waals surface area (Å²) < 4.78 is 0. The van der Waals surface area contributed by atoms with Gasteiger partial charge in [-0.05, 0) is 19.3 Å². The second kappa shape index (κ2) is 2.44. The fourth-order valence-electron chi connectivity index (χ4n) is 1.13. The van der Waals surface area contributed by atoms with E-state index in [0.717, 1.165) is 19.3 Å². The van der Waals surface area contributed by atoms with Gasteiger partial charge in [0.15, 0.2) is 0 Å². The Labute approximate surface area is 48.8 Å². The molecule has 0 aromatic rings. The molecule has 0 spiro atoms. The van der Waals surface area contributed by atoms with Crippen LogP contribution in [0.5, 0.6) is 0 Å². The summed E-state index contributed by atoms with van der Waals surface area (Å²) in [5, 5.41) is 9.05. The molecule has 48 valence electrons. The van der Waals surface area contributed by atoms with Crippen molar-refractivity contribution in [2.45, 2.75) is 31.4 Å². The highest BCUT2D eigenvalue weighted by Gasteiger charge is 2.23. The van der Waals surface area contributed by atoms with Gasteiger partial charge >= 0.3 is 0 Å². The first-order valence-corrected chi connectivity index (χ1v) is 2.99.